The van der Waals surface area contributed by atoms with Crippen LogP contribution in [0.3, 0.4) is 0 Å². The predicted molar refractivity (Wildman–Crippen MR) is 73.0 cm³/mol. The summed E-state index contributed by atoms with van der Waals surface area (Å²) in [7, 11) is -2.92. The minimum absolute atomic E-state index is 0.167. The van der Waals surface area contributed by atoms with Gasteiger partial charge in [-0.2, -0.15) is 0 Å². The van der Waals surface area contributed by atoms with E-state index in [1.54, 1.807) is 0 Å². The zero-order valence-corrected chi connectivity index (χ0v) is 12.2. The summed E-state index contributed by atoms with van der Waals surface area (Å²) in [5.74, 6) is 0.611. The second-order valence-corrected chi connectivity index (χ2v) is 7.66. The Morgan fingerprint density at radius 2 is 1.88 bits per heavy atom. The lowest BCUT2D eigenvalue weighted by molar-refractivity contribution is 0.280. The van der Waals surface area contributed by atoms with Crippen LogP contribution in [0, 0.1) is 5.92 Å². The summed E-state index contributed by atoms with van der Waals surface area (Å²) >= 11 is 0. The van der Waals surface area contributed by atoms with Crippen LogP contribution in [0.5, 0.6) is 0 Å². The van der Waals surface area contributed by atoms with Gasteiger partial charge in [-0.05, 0) is 38.1 Å². The molecule has 102 valence electrons. The molecule has 0 radical (unpaired) electrons. The Balaban J connectivity index is 2.66. The van der Waals surface area contributed by atoms with Crippen LogP contribution in [0.25, 0.3) is 0 Å². The summed E-state index contributed by atoms with van der Waals surface area (Å²) in [6, 6.07) is 0.179. The van der Waals surface area contributed by atoms with Crippen LogP contribution in [-0.2, 0) is 9.84 Å². The van der Waals surface area contributed by atoms with E-state index in [0.717, 1.165) is 32.2 Å². The van der Waals surface area contributed by atoms with E-state index in [-0.39, 0.29) is 11.3 Å². The molecule has 0 aromatic carbocycles. The van der Waals surface area contributed by atoms with Crippen LogP contribution >= 0.6 is 0 Å². The molecule has 1 N–H and O–H groups in total. The maximum atomic E-state index is 11.9. The molecule has 0 aromatic rings. The number of sulfone groups is 1. The van der Waals surface area contributed by atoms with Crippen molar-refractivity contribution >= 4 is 9.84 Å². The van der Waals surface area contributed by atoms with E-state index in [0.29, 0.717) is 5.92 Å². The first-order valence-corrected chi connectivity index (χ1v) is 8.86. The van der Waals surface area contributed by atoms with Crippen LogP contribution in [0.15, 0.2) is 0 Å². The van der Waals surface area contributed by atoms with Gasteiger partial charge in [0.2, 0.25) is 0 Å². The van der Waals surface area contributed by atoms with Crippen LogP contribution in [0.4, 0.5) is 0 Å². The molecule has 1 rings (SSSR count). The Labute approximate surface area is 106 Å². The van der Waals surface area contributed by atoms with Gasteiger partial charge in [0, 0.05) is 12.3 Å². The maximum absolute atomic E-state index is 11.9. The third-order valence-electron chi connectivity index (χ3n) is 3.80. The Morgan fingerprint density at radius 1 is 1.18 bits per heavy atom. The van der Waals surface area contributed by atoms with E-state index in [1.165, 1.54) is 19.1 Å². The van der Waals surface area contributed by atoms with Crippen LogP contribution in [0.1, 0.15) is 52.4 Å². The zero-order chi connectivity index (χ0) is 12.9. The van der Waals surface area contributed by atoms with Gasteiger partial charge in [-0.15, -0.1) is 0 Å². The highest BCUT2D eigenvalue weighted by atomic mass is 32.2. The van der Waals surface area contributed by atoms with Crippen molar-refractivity contribution in [1.82, 2.24) is 5.32 Å². The molecular weight excluding hydrogens is 234 g/mol. The Bertz CT molecular complexity index is 313. The second-order valence-electron chi connectivity index (χ2n) is 5.40. The van der Waals surface area contributed by atoms with Crippen LogP contribution in [-0.4, -0.2) is 32.5 Å². The first kappa shape index (κ1) is 15.0. The second kappa shape index (κ2) is 6.74. The van der Waals surface area contributed by atoms with Gasteiger partial charge in [0.25, 0.3) is 0 Å². The third kappa shape index (κ3) is 4.59. The molecule has 17 heavy (non-hydrogen) atoms. The van der Waals surface area contributed by atoms with Crippen molar-refractivity contribution in [2.75, 3.05) is 12.8 Å². The van der Waals surface area contributed by atoms with Crippen molar-refractivity contribution in [1.29, 1.82) is 0 Å². The maximum Gasteiger partial charge on any atom is 0.151 e. The van der Waals surface area contributed by atoms with E-state index < -0.39 is 9.84 Å². The summed E-state index contributed by atoms with van der Waals surface area (Å²) in [5, 5.41) is 3.24. The highest BCUT2D eigenvalue weighted by Gasteiger charge is 2.35. The van der Waals surface area contributed by atoms with Crippen LogP contribution < -0.4 is 5.32 Å². The van der Waals surface area contributed by atoms with Gasteiger partial charge in [0.05, 0.1) is 5.25 Å². The summed E-state index contributed by atoms with van der Waals surface area (Å²) in [6.45, 7) is 5.22. The fraction of sp³-hybridized carbons (Fsp3) is 1.00. The van der Waals surface area contributed by atoms with Gasteiger partial charge in [0.1, 0.15) is 0 Å². The van der Waals surface area contributed by atoms with Crippen molar-refractivity contribution in [2.45, 2.75) is 63.7 Å². The Morgan fingerprint density at radius 3 is 2.41 bits per heavy atom. The first-order valence-electron chi connectivity index (χ1n) is 6.91. The lowest BCUT2D eigenvalue weighted by atomic mass is 9.83. The molecule has 0 heterocycles. The Hall–Kier alpha value is -0.0900. The molecule has 0 spiro atoms. The molecule has 0 amide bonds. The molecule has 3 unspecified atom stereocenters. The molecule has 0 saturated heterocycles. The molecule has 0 bridgehead atoms. The molecular formula is C13H27NO2S. The van der Waals surface area contributed by atoms with Gasteiger partial charge >= 0.3 is 0 Å². The summed E-state index contributed by atoms with van der Waals surface area (Å²) < 4.78 is 23.7. The molecule has 1 aliphatic rings. The normalized spacial score (nSPS) is 30.4. The monoisotopic (exact) mass is 261 g/mol. The molecule has 1 aliphatic carbocycles. The van der Waals surface area contributed by atoms with Crippen molar-refractivity contribution in [2.24, 2.45) is 5.92 Å². The SMILES string of the molecule is CCCNC1CCC(CCC)CC1S(C)(=O)=O. The summed E-state index contributed by atoms with van der Waals surface area (Å²) in [4.78, 5) is 0. The zero-order valence-electron chi connectivity index (χ0n) is 11.4. The van der Waals surface area contributed by atoms with Crippen molar-refractivity contribution in [3.8, 4) is 0 Å². The standard InChI is InChI=1S/C13H27NO2S/c1-4-6-11-7-8-12(14-9-5-2)13(10-11)17(3,15)16/h11-14H,4-10H2,1-3H3. The van der Waals surface area contributed by atoms with E-state index >= 15 is 0 Å². The Kier molecular flexibility index (Phi) is 5.93. The highest BCUT2D eigenvalue weighted by Crippen LogP contribution is 2.31. The molecule has 0 aliphatic heterocycles. The molecule has 4 heteroatoms. The topological polar surface area (TPSA) is 46.2 Å². The number of hydrogen-bond acceptors (Lipinski definition) is 3. The van der Waals surface area contributed by atoms with Crippen molar-refractivity contribution < 1.29 is 8.42 Å². The van der Waals surface area contributed by atoms with Gasteiger partial charge in [-0.3, -0.25) is 0 Å². The van der Waals surface area contributed by atoms with E-state index in [2.05, 4.69) is 19.2 Å². The largest absolute Gasteiger partial charge is 0.313 e. The first-order chi connectivity index (χ1) is 7.99. The van der Waals surface area contributed by atoms with E-state index in [1.807, 2.05) is 0 Å². The number of hydrogen-bond donors (Lipinski definition) is 1. The van der Waals surface area contributed by atoms with Gasteiger partial charge < -0.3 is 5.32 Å². The van der Waals surface area contributed by atoms with Gasteiger partial charge in [-0.25, -0.2) is 8.42 Å². The quantitative estimate of drug-likeness (QED) is 0.798. The molecule has 0 aromatic heterocycles. The molecule has 1 fully saturated rings. The molecule has 1 saturated carbocycles. The van der Waals surface area contributed by atoms with E-state index in [4.69, 9.17) is 0 Å². The number of nitrogens with one attached hydrogen (secondary N) is 1. The van der Waals surface area contributed by atoms with E-state index in [9.17, 15) is 8.42 Å². The fourth-order valence-electron chi connectivity index (χ4n) is 2.92. The van der Waals surface area contributed by atoms with Gasteiger partial charge in [0.15, 0.2) is 9.84 Å². The lowest BCUT2D eigenvalue weighted by Crippen LogP contribution is -2.48. The summed E-state index contributed by atoms with van der Waals surface area (Å²) in [6.07, 6.45) is 7.84. The van der Waals surface area contributed by atoms with Gasteiger partial charge in [-0.1, -0.05) is 26.7 Å². The molecule has 3 nitrogen and oxygen atoms in total. The fourth-order valence-corrected chi connectivity index (χ4v) is 4.37. The smallest absolute Gasteiger partial charge is 0.151 e. The summed E-state index contributed by atoms with van der Waals surface area (Å²) in [5.41, 5.74) is 0. The number of rotatable bonds is 6. The van der Waals surface area contributed by atoms with Crippen LogP contribution in [0.2, 0.25) is 0 Å². The predicted octanol–water partition coefficient (Wildman–Crippen LogP) is 2.37. The average molecular weight is 261 g/mol. The van der Waals surface area contributed by atoms with Crippen molar-refractivity contribution in [3.63, 3.8) is 0 Å². The lowest BCUT2D eigenvalue weighted by Gasteiger charge is -2.35. The minimum atomic E-state index is -2.92. The minimum Gasteiger partial charge on any atom is -0.313 e. The third-order valence-corrected chi connectivity index (χ3v) is 5.42. The highest BCUT2D eigenvalue weighted by molar-refractivity contribution is 7.91. The van der Waals surface area contributed by atoms with Crippen molar-refractivity contribution in [3.05, 3.63) is 0 Å². The molecule has 3 atom stereocenters. The average Bonchev–Trinajstić information content (AvgIpc) is 2.26.